The number of hydrogen-bond donors (Lipinski definition) is 1. The third kappa shape index (κ3) is 4.83. The number of fused-ring (bicyclic) bond motifs is 1. The summed E-state index contributed by atoms with van der Waals surface area (Å²) in [6.45, 7) is 2.30. The molecule has 0 bridgehead atoms. The molecule has 1 fully saturated rings. The van der Waals surface area contributed by atoms with Gasteiger partial charge in [-0.2, -0.15) is 14.1 Å². The maximum Gasteiger partial charge on any atom is 0.243 e. The Hall–Kier alpha value is -2.99. The van der Waals surface area contributed by atoms with E-state index in [1.54, 1.807) is 30.0 Å². The quantitative estimate of drug-likeness (QED) is 0.382. The Labute approximate surface area is 217 Å². The molecule has 2 aromatic carbocycles. The van der Waals surface area contributed by atoms with Crippen molar-refractivity contribution in [2.45, 2.75) is 24.7 Å². The topological polar surface area (TPSA) is 106 Å². The number of aromatic nitrogens is 3. The minimum atomic E-state index is -3.73. The summed E-state index contributed by atoms with van der Waals surface area (Å²) in [4.78, 5) is 18.1. The molecule has 1 aliphatic heterocycles. The molecule has 1 saturated heterocycles. The first kappa shape index (κ1) is 24.7. The number of methoxy groups -OCH3 is 1. The van der Waals surface area contributed by atoms with Gasteiger partial charge in [0.2, 0.25) is 21.1 Å². The van der Waals surface area contributed by atoms with Gasteiger partial charge in [0.1, 0.15) is 11.6 Å². The van der Waals surface area contributed by atoms with E-state index in [0.717, 1.165) is 21.7 Å². The van der Waals surface area contributed by atoms with Gasteiger partial charge in [-0.15, -0.1) is 0 Å². The minimum absolute atomic E-state index is 0.102. The molecular weight excluding hydrogens is 522 g/mol. The molecule has 3 heterocycles. The van der Waals surface area contributed by atoms with E-state index in [4.69, 9.17) is 16.3 Å². The molecule has 1 N–H and O–H groups in total. The normalized spacial score (nSPS) is 16.8. The maximum absolute atomic E-state index is 13.2. The lowest BCUT2D eigenvalue weighted by molar-refractivity contribution is -0.120. The number of carbonyl (C=O) groups excluding carboxylic acids is 1. The van der Waals surface area contributed by atoms with E-state index in [1.807, 2.05) is 25.1 Å². The fraction of sp³-hybridized carbons (Fsp3) is 0.292. The van der Waals surface area contributed by atoms with E-state index in [1.165, 1.54) is 27.8 Å². The third-order valence-corrected chi connectivity index (χ3v) is 9.18. The number of aryl methyl sites for hydroxylation is 1. The number of piperidine rings is 1. The number of carbonyl (C=O) groups is 1. The van der Waals surface area contributed by atoms with Crippen LogP contribution in [0.2, 0.25) is 5.02 Å². The summed E-state index contributed by atoms with van der Waals surface area (Å²) in [5.41, 5.74) is 1.52. The molecule has 12 heteroatoms. The van der Waals surface area contributed by atoms with Crippen molar-refractivity contribution in [3.05, 3.63) is 59.2 Å². The molecular formula is C24H24ClN5O4S2. The second kappa shape index (κ2) is 9.81. The zero-order valence-corrected chi connectivity index (χ0v) is 22.0. The molecule has 0 spiro atoms. The molecule has 36 heavy (non-hydrogen) atoms. The van der Waals surface area contributed by atoms with E-state index in [9.17, 15) is 13.2 Å². The first-order chi connectivity index (χ1) is 17.2. The number of nitrogens with one attached hydrogen (secondary N) is 1. The van der Waals surface area contributed by atoms with Gasteiger partial charge in [0.05, 0.1) is 33.8 Å². The summed E-state index contributed by atoms with van der Waals surface area (Å²) in [6.07, 6.45) is 1.18. The van der Waals surface area contributed by atoms with Gasteiger partial charge in [0.25, 0.3) is 0 Å². The number of amides is 1. The molecule has 9 nitrogen and oxygen atoms in total. The number of benzene rings is 2. The second-order valence-electron chi connectivity index (χ2n) is 8.56. The predicted molar refractivity (Wildman–Crippen MR) is 140 cm³/mol. The van der Waals surface area contributed by atoms with Gasteiger partial charge >= 0.3 is 0 Å². The van der Waals surface area contributed by atoms with Crippen molar-refractivity contribution in [1.29, 1.82) is 0 Å². The van der Waals surface area contributed by atoms with Crippen molar-refractivity contribution in [1.82, 2.24) is 19.1 Å². The number of rotatable bonds is 6. The van der Waals surface area contributed by atoms with Crippen LogP contribution in [-0.2, 0) is 14.8 Å². The van der Waals surface area contributed by atoms with Crippen LogP contribution in [0.15, 0.2) is 53.4 Å². The molecule has 1 amide bonds. The Morgan fingerprint density at radius 3 is 2.72 bits per heavy atom. The Morgan fingerprint density at radius 2 is 1.97 bits per heavy atom. The molecule has 0 radical (unpaired) electrons. The Balaban J connectivity index is 1.35. The highest BCUT2D eigenvalue weighted by Gasteiger charge is 2.33. The summed E-state index contributed by atoms with van der Waals surface area (Å²) >= 11 is 7.34. The molecule has 2 aromatic heterocycles. The van der Waals surface area contributed by atoms with Crippen molar-refractivity contribution in [3.8, 4) is 10.9 Å². The minimum Gasteiger partial charge on any atom is -0.497 e. The highest BCUT2D eigenvalue weighted by Crippen LogP contribution is 2.31. The van der Waals surface area contributed by atoms with E-state index in [0.29, 0.717) is 35.4 Å². The van der Waals surface area contributed by atoms with Gasteiger partial charge in [0.15, 0.2) is 0 Å². The average Bonchev–Trinajstić information content (AvgIpc) is 3.46. The molecule has 0 saturated carbocycles. The number of sulfonamides is 1. The predicted octanol–water partition coefficient (Wildman–Crippen LogP) is 4.49. The summed E-state index contributed by atoms with van der Waals surface area (Å²) in [7, 11) is -2.12. The molecule has 0 aliphatic carbocycles. The number of anilines is 1. The third-order valence-electron chi connectivity index (χ3n) is 6.05. The van der Waals surface area contributed by atoms with Crippen LogP contribution in [-0.4, -0.2) is 53.6 Å². The molecule has 5 rings (SSSR count). The highest BCUT2D eigenvalue weighted by molar-refractivity contribution is 7.89. The van der Waals surface area contributed by atoms with Crippen LogP contribution in [0, 0.1) is 12.8 Å². The second-order valence-corrected chi connectivity index (χ2v) is 11.9. The van der Waals surface area contributed by atoms with Crippen molar-refractivity contribution < 1.29 is 17.9 Å². The first-order valence-electron chi connectivity index (χ1n) is 11.3. The lowest BCUT2D eigenvalue weighted by Crippen LogP contribution is -2.43. The average molecular weight is 546 g/mol. The summed E-state index contributed by atoms with van der Waals surface area (Å²) < 4.78 is 35.4. The van der Waals surface area contributed by atoms with Crippen LogP contribution in [0.5, 0.6) is 5.75 Å². The molecule has 1 atom stereocenters. The number of nitrogens with zero attached hydrogens (tertiary/aromatic N) is 4. The number of halogens is 1. The van der Waals surface area contributed by atoms with Gasteiger partial charge in [-0.1, -0.05) is 22.9 Å². The van der Waals surface area contributed by atoms with Crippen molar-refractivity contribution in [2.75, 3.05) is 25.5 Å². The summed E-state index contributed by atoms with van der Waals surface area (Å²) in [5, 5.41) is 8.54. The maximum atomic E-state index is 13.2. The van der Waals surface area contributed by atoms with Crippen molar-refractivity contribution >= 4 is 54.9 Å². The van der Waals surface area contributed by atoms with E-state index in [-0.39, 0.29) is 17.3 Å². The van der Waals surface area contributed by atoms with Gasteiger partial charge in [-0.3, -0.25) is 4.79 Å². The van der Waals surface area contributed by atoms with Crippen LogP contribution in [0.1, 0.15) is 18.5 Å². The largest absolute Gasteiger partial charge is 0.497 e. The first-order valence-corrected chi connectivity index (χ1v) is 14.0. The lowest BCUT2D eigenvalue weighted by atomic mass is 9.99. The zero-order valence-electron chi connectivity index (χ0n) is 19.6. The van der Waals surface area contributed by atoms with Gasteiger partial charge in [-0.25, -0.2) is 13.4 Å². The lowest BCUT2D eigenvalue weighted by Gasteiger charge is -2.31. The fourth-order valence-electron chi connectivity index (χ4n) is 4.20. The molecule has 4 aromatic rings. The van der Waals surface area contributed by atoms with E-state index >= 15 is 0 Å². The van der Waals surface area contributed by atoms with Gasteiger partial charge < -0.3 is 10.1 Å². The van der Waals surface area contributed by atoms with Crippen molar-refractivity contribution in [3.63, 3.8) is 0 Å². The number of hydrogen-bond acceptors (Lipinski definition) is 7. The Morgan fingerprint density at radius 1 is 1.19 bits per heavy atom. The number of thiazole rings is 1. The molecule has 188 valence electrons. The Kier molecular flexibility index (Phi) is 6.73. The fourth-order valence-corrected chi connectivity index (χ4v) is 6.81. The van der Waals surface area contributed by atoms with E-state index in [2.05, 4.69) is 15.4 Å². The van der Waals surface area contributed by atoms with Crippen molar-refractivity contribution in [2.24, 2.45) is 5.92 Å². The van der Waals surface area contributed by atoms with Crippen LogP contribution < -0.4 is 10.1 Å². The standard InChI is InChI=1S/C24H24ClN5O4S2/c1-15-12-22(30(28-15)24-26-20-10-7-18(34-2)13-21(20)35-24)27-23(31)16-4-3-11-29(14-16)36(32,33)19-8-5-17(25)6-9-19/h5-10,12-13,16H,3-4,11,14H2,1-2H3,(H,27,31). The van der Waals surface area contributed by atoms with Crippen LogP contribution in [0.4, 0.5) is 5.82 Å². The molecule has 1 aliphatic rings. The molecule has 1 unspecified atom stereocenters. The van der Waals surface area contributed by atoms with Gasteiger partial charge in [0, 0.05) is 24.2 Å². The Bertz CT molecular complexity index is 1530. The SMILES string of the molecule is COc1ccc2nc(-n3nc(C)cc3NC(=O)C3CCCN(S(=O)(=O)c4ccc(Cl)cc4)C3)sc2c1. The smallest absolute Gasteiger partial charge is 0.243 e. The zero-order chi connectivity index (χ0) is 25.4. The van der Waals surface area contributed by atoms with E-state index < -0.39 is 15.9 Å². The monoisotopic (exact) mass is 545 g/mol. The van der Waals surface area contributed by atoms with Gasteiger partial charge in [-0.05, 0) is 62.2 Å². The highest BCUT2D eigenvalue weighted by atomic mass is 35.5. The van der Waals surface area contributed by atoms with Crippen LogP contribution >= 0.6 is 22.9 Å². The van der Waals surface area contributed by atoms with Crippen LogP contribution in [0.3, 0.4) is 0 Å². The summed E-state index contributed by atoms with van der Waals surface area (Å²) in [6, 6.07) is 13.5. The van der Waals surface area contributed by atoms with Crippen LogP contribution in [0.25, 0.3) is 15.3 Å². The summed E-state index contributed by atoms with van der Waals surface area (Å²) in [5.74, 6) is 0.471. The number of ether oxygens (including phenoxy) is 1.